The number of rotatable bonds is 5. The van der Waals surface area contributed by atoms with Crippen molar-refractivity contribution >= 4 is 17.6 Å². The zero-order valence-corrected chi connectivity index (χ0v) is 13.0. The molecule has 8 nitrogen and oxygen atoms in total. The highest BCUT2D eigenvalue weighted by molar-refractivity contribution is 5.89. The van der Waals surface area contributed by atoms with Gasteiger partial charge in [-0.05, 0) is 17.7 Å². The number of aliphatic hydroxyl groups excluding tert-OH is 1. The number of benzene rings is 1. The molecule has 3 atom stereocenters. The second kappa shape index (κ2) is 7.22. The van der Waals surface area contributed by atoms with Gasteiger partial charge in [0, 0.05) is 25.5 Å². The molecule has 1 aliphatic rings. The summed E-state index contributed by atoms with van der Waals surface area (Å²) < 4.78 is 10.3. The molecular formula is C16H17NO7. The van der Waals surface area contributed by atoms with Gasteiger partial charge < -0.3 is 14.6 Å². The largest absolute Gasteiger partial charge is 0.462 e. The van der Waals surface area contributed by atoms with E-state index in [1.807, 2.05) is 0 Å². The lowest BCUT2D eigenvalue weighted by Gasteiger charge is -2.19. The Balaban J connectivity index is 2.00. The van der Waals surface area contributed by atoms with Crippen molar-refractivity contribution in [3.8, 4) is 0 Å². The number of non-ortho nitro benzene ring substituents is 1. The van der Waals surface area contributed by atoms with Crippen molar-refractivity contribution in [3.63, 3.8) is 0 Å². The third kappa shape index (κ3) is 3.96. The summed E-state index contributed by atoms with van der Waals surface area (Å²) in [5.74, 6) is -1.65. The molecule has 0 bridgehead atoms. The number of hydrogen-bond acceptors (Lipinski definition) is 7. The summed E-state index contributed by atoms with van der Waals surface area (Å²) in [5, 5.41) is 20.4. The lowest BCUT2D eigenvalue weighted by molar-refractivity contribution is -0.384. The van der Waals surface area contributed by atoms with Crippen LogP contribution in [-0.4, -0.2) is 40.8 Å². The number of hydrogen-bond donors (Lipinski definition) is 1. The average Bonchev–Trinajstić information content (AvgIpc) is 2.78. The molecule has 0 spiro atoms. The number of nitrogens with zero attached hydrogens (tertiary/aromatic N) is 1. The van der Waals surface area contributed by atoms with Crippen LogP contribution < -0.4 is 0 Å². The van der Waals surface area contributed by atoms with Gasteiger partial charge in [-0.25, -0.2) is 4.79 Å². The first kappa shape index (κ1) is 17.6. The molecule has 0 aromatic heterocycles. The summed E-state index contributed by atoms with van der Waals surface area (Å²) in [5.41, 5.74) is 0.473. The predicted octanol–water partition coefficient (Wildman–Crippen LogP) is 1.62. The van der Waals surface area contributed by atoms with Crippen molar-refractivity contribution in [2.75, 3.05) is 6.61 Å². The van der Waals surface area contributed by atoms with Gasteiger partial charge >= 0.3 is 11.9 Å². The molecule has 0 saturated heterocycles. The highest BCUT2D eigenvalue weighted by atomic mass is 16.6. The Morgan fingerprint density at radius 3 is 2.54 bits per heavy atom. The van der Waals surface area contributed by atoms with E-state index in [2.05, 4.69) is 6.58 Å². The standard InChI is InChI=1S/C16H17NO7/c1-9-13(15(7-14(9)19)24-10(2)18)8-23-16(20)11-3-5-12(6-4-11)17(21)22/h3-6,13-15,19H,1,7-8H2,2H3/t13-,14+,15-/m0/s1. The zero-order chi connectivity index (χ0) is 17.9. The van der Waals surface area contributed by atoms with Crippen molar-refractivity contribution in [1.82, 2.24) is 0 Å². The third-order valence-electron chi connectivity index (χ3n) is 3.83. The summed E-state index contributed by atoms with van der Waals surface area (Å²) >= 11 is 0. The molecule has 1 fully saturated rings. The smallest absolute Gasteiger partial charge is 0.338 e. The highest BCUT2D eigenvalue weighted by Gasteiger charge is 2.39. The Bertz CT molecular complexity index is 668. The van der Waals surface area contributed by atoms with Gasteiger partial charge in [0.15, 0.2) is 0 Å². The summed E-state index contributed by atoms with van der Waals surface area (Å²) in [4.78, 5) is 33.1. The van der Waals surface area contributed by atoms with E-state index >= 15 is 0 Å². The quantitative estimate of drug-likeness (QED) is 0.376. The van der Waals surface area contributed by atoms with Crippen molar-refractivity contribution in [3.05, 3.63) is 52.1 Å². The fraction of sp³-hybridized carbons (Fsp3) is 0.375. The van der Waals surface area contributed by atoms with Crippen LogP contribution in [0.25, 0.3) is 0 Å². The predicted molar refractivity (Wildman–Crippen MR) is 82.2 cm³/mol. The molecule has 0 unspecified atom stereocenters. The minimum Gasteiger partial charge on any atom is -0.462 e. The molecule has 1 aromatic carbocycles. The van der Waals surface area contributed by atoms with E-state index in [0.29, 0.717) is 5.57 Å². The van der Waals surface area contributed by atoms with Gasteiger partial charge in [-0.1, -0.05) is 6.58 Å². The lowest BCUT2D eigenvalue weighted by atomic mass is 10.0. The Morgan fingerprint density at radius 1 is 1.38 bits per heavy atom. The second-order valence-electron chi connectivity index (χ2n) is 5.48. The van der Waals surface area contributed by atoms with Crippen LogP contribution in [0.5, 0.6) is 0 Å². The Labute approximate surface area is 137 Å². The Hall–Kier alpha value is -2.74. The van der Waals surface area contributed by atoms with Gasteiger partial charge in [-0.2, -0.15) is 0 Å². The molecule has 2 rings (SSSR count). The number of carbonyl (C=O) groups is 2. The molecule has 1 saturated carbocycles. The van der Waals surface area contributed by atoms with E-state index in [-0.39, 0.29) is 24.3 Å². The second-order valence-corrected chi connectivity index (χ2v) is 5.48. The number of carbonyl (C=O) groups excluding carboxylic acids is 2. The van der Waals surface area contributed by atoms with Crippen LogP contribution in [0, 0.1) is 16.0 Å². The van der Waals surface area contributed by atoms with Crippen LogP contribution >= 0.6 is 0 Å². The minimum absolute atomic E-state index is 0.107. The summed E-state index contributed by atoms with van der Waals surface area (Å²) in [6.45, 7) is 4.90. The van der Waals surface area contributed by atoms with E-state index in [9.17, 15) is 24.8 Å². The SMILES string of the molecule is C=C1[C@H](O)C[C@H](OC(C)=O)[C@H]1COC(=O)c1ccc([N+](=O)[O-])cc1. The monoisotopic (exact) mass is 335 g/mol. The average molecular weight is 335 g/mol. The first-order valence-electron chi connectivity index (χ1n) is 7.25. The maximum Gasteiger partial charge on any atom is 0.338 e. The number of nitro benzene ring substituents is 1. The van der Waals surface area contributed by atoms with Gasteiger partial charge in [0.25, 0.3) is 5.69 Å². The highest BCUT2D eigenvalue weighted by Crippen LogP contribution is 2.33. The minimum atomic E-state index is -0.822. The molecule has 0 aliphatic heterocycles. The van der Waals surface area contributed by atoms with Crippen LogP contribution in [0.3, 0.4) is 0 Å². The van der Waals surface area contributed by atoms with Gasteiger partial charge in [0.05, 0.1) is 22.5 Å². The maximum atomic E-state index is 12.0. The molecule has 0 amide bonds. The zero-order valence-electron chi connectivity index (χ0n) is 13.0. The fourth-order valence-corrected chi connectivity index (χ4v) is 2.55. The molecular weight excluding hydrogens is 318 g/mol. The molecule has 8 heteroatoms. The van der Waals surface area contributed by atoms with Crippen LogP contribution in [0.15, 0.2) is 36.4 Å². The van der Waals surface area contributed by atoms with Gasteiger partial charge in [0.1, 0.15) is 12.7 Å². The number of nitro groups is 1. The van der Waals surface area contributed by atoms with Crippen LogP contribution in [0.2, 0.25) is 0 Å². The van der Waals surface area contributed by atoms with Gasteiger partial charge in [-0.3, -0.25) is 14.9 Å². The molecule has 24 heavy (non-hydrogen) atoms. The molecule has 1 aliphatic carbocycles. The summed E-state index contributed by atoms with van der Waals surface area (Å²) in [6.07, 6.45) is -1.22. The van der Waals surface area contributed by atoms with E-state index in [1.54, 1.807) is 0 Å². The number of ether oxygens (including phenoxy) is 2. The van der Waals surface area contributed by atoms with Crippen molar-refractivity contribution in [1.29, 1.82) is 0 Å². The maximum absolute atomic E-state index is 12.0. The Morgan fingerprint density at radius 2 is 2.00 bits per heavy atom. The molecule has 1 aromatic rings. The van der Waals surface area contributed by atoms with Crippen LogP contribution in [0.4, 0.5) is 5.69 Å². The van der Waals surface area contributed by atoms with Crippen molar-refractivity contribution in [2.45, 2.75) is 25.6 Å². The molecule has 0 radical (unpaired) electrons. The molecule has 128 valence electrons. The van der Waals surface area contributed by atoms with E-state index < -0.39 is 35.0 Å². The van der Waals surface area contributed by atoms with Crippen LogP contribution in [-0.2, 0) is 14.3 Å². The van der Waals surface area contributed by atoms with E-state index in [1.165, 1.54) is 31.2 Å². The molecule has 1 N–H and O–H groups in total. The van der Waals surface area contributed by atoms with E-state index in [4.69, 9.17) is 9.47 Å². The fourth-order valence-electron chi connectivity index (χ4n) is 2.55. The number of esters is 2. The van der Waals surface area contributed by atoms with Crippen molar-refractivity contribution < 1.29 is 29.1 Å². The van der Waals surface area contributed by atoms with Crippen molar-refractivity contribution in [2.24, 2.45) is 5.92 Å². The lowest BCUT2D eigenvalue weighted by Crippen LogP contribution is -2.26. The normalized spacial score (nSPS) is 22.9. The van der Waals surface area contributed by atoms with E-state index in [0.717, 1.165) is 0 Å². The topological polar surface area (TPSA) is 116 Å². The molecule has 0 heterocycles. The van der Waals surface area contributed by atoms with Gasteiger partial charge in [0.2, 0.25) is 0 Å². The number of aliphatic hydroxyl groups is 1. The first-order valence-corrected chi connectivity index (χ1v) is 7.25. The van der Waals surface area contributed by atoms with Crippen LogP contribution in [0.1, 0.15) is 23.7 Å². The first-order chi connectivity index (χ1) is 11.3. The summed E-state index contributed by atoms with van der Waals surface area (Å²) in [6, 6.07) is 5.00. The Kier molecular flexibility index (Phi) is 5.30. The van der Waals surface area contributed by atoms with Gasteiger partial charge in [-0.15, -0.1) is 0 Å². The summed E-state index contributed by atoms with van der Waals surface area (Å²) in [7, 11) is 0. The third-order valence-corrected chi connectivity index (χ3v) is 3.83.